The predicted octanol–water partition coefficient (Wildman–Crippen LogP) is 3.33. The molecule has 2 heterocycles. The summed E-state index contributed by atoms with van der Waals surface area (Å²) in [6, 6.07) is 10.2. The highest BCUT2D eigenvalue weighted by Crippen LogP contribution is 2.40. The van der Waals surface area contributed by atoms with Crippen molar-refractivity contribution in [3.05, 3.63) is 70.8 Å². The normalized spacial score (nSPS) is 13.2. The van der Waals surface area contributed by atoms with Gasteiger partial charge in [-0.15, -0.1) is 0 Å². The molecule has 0 saturated heterocycles. The largest absolute Gasteiger partial charge is 0.497 e. The average Bonchev–Trinajstić information content (AvgIpc) is 3.35. The van der Waals surface area contributed by atoms with Crippen LogP contribution in [0.1, 0.15) is 27.8 Å². The van der Waals surface area contributed by atoms with E-state index in [0.717, 1.165) is 5.56 Å². The lowest BCUT2D eigenvalue weighted by molar-refractivity contribution is 0.0940. The smallest absolute Gasteiger partial charge is 0.252 e. The van der Waals surface area contributed by atoms with Crippen LogP contribution >= 0.6 is 11.6 Å². The van der Waals surface area contributed by atoms with E-state index in [4.69, 9.17) is 25.8 Å². The molecule has 1 aliphatic rings. The molecular formula is C20H18ClN3O4. The van der Waals surface area contributed by atoms with Crippen LogP contribution in [-0.4, -0.2) is 29.4 Å². The Balaban J connectivity index is 1.69. The van der Waals surface area contributed by atoms with Crippen molar-refractivity contribution in [2.75, 3.05) is 13.9 Å². The predicted molar refractivity (Wildman–Crippen MR) is 103 cm³/mol. The van der Waals surface area contributed by atoms with Crippen molar-refractivity contribution in [1.29, 1.82) is 0 Å². The molecule has 0 saturated carbocycles. The summed E-state index contributed by atoms with van der Waals surface area (Å²) >= 11 is 6.22. The molecular weight excluding hydrogens is 382 g/mol. The Hall–Kier alpha value is -3.19. The second-order valence-corrected chi connectivity index (χ2v) is 6.68. The summed E-state index contributed by atoms with van der Waals surface area (Å²) in [5.74, 6) is 1.97. The highest BCUT2D eigenvalue weighted by atomic mass is 35.5. The number of aryl methyl sites for hydroxylation is 1. The molecule has 1 unspecified atom stereocenters. The lowest BCUT2D eigenvalue weighted by Crippen LogP contribution is -2.31. The first kappa shape index (κ1) is 18.2. The van der Waals surface area contributed by atoms with Gasteiger partial charge in [-0.05, 0) is 29.8 Å². The summed E-state index contributed by atoms with van der Waals surface area (Å²) in [6.45, 7) is 0.0832. The van der Waals surface area contributed by atoms with Gasteiger partial charge in [0.15, 0.2) is 11.5 Å². The van der Waals surface area contributed by atoms with Crippen molar-refractivity contribution in [3.8, 4) is 17.2 Å². The third kappa shape index (κ3) is 3.36. The van der Waals surface area contributed by atoms with Gasteiger partial charge in [-0.25, -0.2) is 4.98 Å². The number of fused-ring (bicyclic) bond motifs is 1. The standard InChI is InChI=1S/C20H18ClN3O4/c1-24-7-6-22-19(24)17(12-4-3-5-14(8-12)26-2)23-20(25)13-9-15(21)18-16(10-13)27-11-28-18/h3-10,17H,11H2,1-2H3,(H,23,25). The fraction of sp³-hybridized carbons (Fsp3) is 0.200. The molecule has 144 valence electrons. The maximum atomic E-state index is 13.0. The number of amides is 1. The molecule has 7 nitrogen and oxygen atoms in total. The Morgan fingerprint density at radius 2 is 2.18 bits per heavy atom. The summed E-state index contributed by atoms with van der Waals surface area (Å²) in [6.07, 6.45) is 3.51. The average molecular weight is 400 g/mol. The summed E-state index contributed by atoms with van der Waals surface area (Å²) in [5.41, 5.74) is 1.21. The van der Waals surface area contributed by atoms with Crippen LogP contribution in [0.25, 0.3) is 0 Å². The minimum Gasteiger partial charge on any atom is -0.497 e. The maximum Gasteiger partial charge on any atom is 0.252 e. The second kappa shape index (κ2) is 7.44. The van der Waals surface area contributed by atoms with E-state index in [2.05, 4.69) is 10.3 Å². The van der Waals surface area contributed by atoms with Crippen molar-refractivity contribution in [3.63, 3.8) is 0 Å². The second-order valence-electron chi connectivity index (χ2n) is 6.27. The Kier molecular flexibility index (Phi) is 4.83. The molecule has 0 spiro atoms. The van der Waals surface area contributed by atoms with E-state index < -0.39 is 6.04 Å². The summed E-state index contributed by atoms with van der Waals surface area (Å²) in [7, 11) is 3.47. The SMILES string of the molecule is COc1cccc(C(NC(=O)c2cc(Cl)c3c(c2)OCO3)c2nccn2C)c1. The van der Waals surface area contributed by atoms with E-state index in [-0.39, 0.29) is 12.7 Å². The lowest BCUT2D eigenvalue weighted by atomic mass is 10.0. The van der Waals surface area contributed by atoms with Gasteiger partial charge in [0.25, 0.3) is 5.91 Å². The number of methoxy groups -OCH3 is 1. The molecule has 0 radical (unpaired) electrons. The zero-order valence-corrected chi connectivity index (χ0v) is 16.1. The van der Waals surface area contributed by atoms with E-state index in [0.29, 0.717) is 33.7 Å². The number of ether oxygens (including phenoxy) is 3. The third-order valence-corrected chi connectivity index (χ3v) is 4.79. The van der Waals surface area contributed by atoms with Crippen LogP contribution in [0.5, 0.6) is 17.2 Å². The number of carbonyl (C=O) groups is 1. The molecule has 4 rings (SSSR count). The van der Waals surface area contributed by atoms with Gasteiger partial charge in [-0.3, -0.25) is 4.79 Å². The Morgan fingerprint density at radius 3 is 2.93 bits per heavy atom. The van der Waals surface area contributed by atoms with Gasteiger partial charge < -0.3 is 24.1 Å². The Morgan fingerprint density at radius 1 is 1.32 bits per heavy atom. The molecule has 1 atom stereocenters. The van der Waals surface area contributed by atoms with E-state index in [9.17, 15) is 4.79 Å². The molecule has 8 heteroatoms. The molecule has 1 amide bonds. The quantitative estimate of drug-likeness (QED) is 0.712. The van der Waals surface area contributed by atoms with E-state index in [1.165, 1.54) is 0 Å². The summed E-state index contributed by atoms with van der Waals surface area (Å²) in [4.78, 5) is 17.4. The van der Waals surface area contributed by atoms with Gasteiger partial charge in [0.2, 0.25) is 6.79 Å². The Labute approximate surface area is 166 Å². The van der Waals surface area contributed by atoms with Gasteiger partial charge in [0.05, 0.1) is 12.1 Å². The van der Waals surface area contributed by atoms with Crippen LogP contribution in [-0.2, 0) is 7.05 Å². The number of nitrogens with zero attached hydrogens (tertiary/aromatic N) is 2. The molecule has 1 N–H and O–H groups in total. The van der Waals surface area contributed by atoms with Crippen LogP contribution in [0.4, 0.5) is 0 Å². The number of hydrogen-bond donors (Lipinski definition) is 1. The first-order chi connectivity index (χ1) is 13.6. The van der Waals surface area contributed by atoms with Gasteiger partial charge in [-0.1, -0.05) is 23.7 Å². The van der Waals surface area contributed by atoms with Gasteiger partial charge in [0, 0.05) is 25.0 Å². The van der Waals surface area contributed by atoms with E-state index in [1.807, 2.05) is 42.1 Å². The summed E-state index contributed by atoms with van der Waals surface area (Å²) in [5, 5.41) is 3.36. The number of halogens is 1. The molecule has 0 bridgehead atoms. The minimum absolute atomic E-state index is 0.0832. The summed E-state index contributed by atoms with van der Waals surface area (Å²) < 4.78 is 17.8. The van der Waals surface area contributed by atoms with Crippen LogP contribution in [0.3, 0.4) is 0 Å². The first-order valence-corrected chi connectivity index (χ1v) is 8.96. The molecule has 28 heavy (non-hydrogen) atoms. The first-order valence-electron chi connectivity index (χ1n) is 8.58. The molecule has 1 aromatic heterocycles. The van der Waals surface area contributed by atoms with Crippen molar-refractivity contribution in [2.45, 2.75) is 6.04 Å². The fourth-order valence-electron chi connectivity index (χ4n) is 3.09. The van der Waals surface area contributed by atoms with Crippen LogP contribution in [0, 0.1) is 0 Å². The molecule has 2 aromatic carbocycles. The maximum absolute atomic E-state index is 13.0. The number of imidazole rings is 1. The highest BCUT2D eigenvalue weighted by molar-refractivity contribution is 6.32. The third-order valence-electron chi connectivity index (χ3n) is 4.51. The topological polar surface area (TPSA) is 74.6 Å². The van der Waals surface area contributed by atoms with E-state index >= 15 is 0 Å². The number of carbonyl (C=O) groups excluding carboxylic acids is 1. The number of benzene rings is 2. The van der Waals surface area contributed by atoms with Gasteiger partial charge >= 0.3 is 0 Å². The van der Waals surface area contributed by atoms with Gasteiger partial charge in [0.1, 0.15) is 17.6 Å². The minimum atomic E-state index is -0.480. The molecule has 0 fully saturated rings. The number of hydrogen-bond acceptors (Lipinski definition) is 5. The van der Waals surface area contributed by atoms with Crippen molar-refractivity contribution in [1.82, 2.24) is 14.9 Å². The lowest BCUT2D eigenvalue weighted by Gasteiger charge is -2.20. The van der Waals surface area contributed by atoms with Crippen LogP contribution < -0.4 is 19.5 Å². The van der Waals surface area contributed by atoms with Crippen molar-refractivity contribution >= 4 is 17.5 Å². The highest BCUT2D eigenvalue weighted by Gasteiger charge is 2.25. The van der Waals surface area contributed by atoms with Crippen LogP contribution in [0.2, 0.25) is 5.02 Å². The van der Waals surface area contributed by atoms with Crippen molar-refractivity contribution < 1.29 is 19.0 Å². The molecule has 3 aromatic rings. The van der Waals surface area contributed by atoms with Crippen LogP contribution in [0.15, 0.2) is 48.8 Å². The fourth-order valence-corrected chi connectivity index (χ4v) is 3.35. The molecule has 1 aliphatic heterocycles. The Bertz CT molecular complexity index is 1030. The zero-order valence-electron chi connectivity index (χ0n) is 15.3. The molecule has 0 aliphatic carbocycles. The zero-order chi connectivity index (χ0) is 19.7. The van der Waals surface area contributed by atoms with Crippen molar-refractivity contribution in [2.24, 2.45) is 7.05 Å². The van der Waals surface area contributed by atoms with E-state index in [1.54, 1.807) is 25.4 Å². The number of aromatic nitrogens is 2. The number of rotatable bonds is 5. The number of nitrogens with one attached hydrogen (secondary N) is 1. The van der Waals surface area contributed by atoms with Gasteiger partial charge in [-0.2, -0.15) is 0 Å². The monoisotopic (exact) mass is 399 g/mol.